The highest BCUT2D eigenvalue weighted by Crippen LogP contribution is 2.45. The maximum absolute atomic E-state index is 13.6. The van der Waals surface area contributed by atoms with Crippen LogP contribution in [-0.4, -0.2) is 37.2 Å². The first-order chi connectivity index (χ1) is 17.4. The van der Waals surface area contributed by atoms with Crippen molar-refractivity contribution in [1.29, 1.82) is 0 Å². The number of amides is 1. The summed E-state index contributed by atoms with van der Waals surface area (Å²) in [4.78, 5) is 58.3. The van der Waals surface area contributed by atoms with Crippen molar-refractivity contribution in [2.75, 3.05) is 18.6 Å². The summed E-state index contributed by atoms with van der Waals surface area (Å²) in [5.41, 5.74) is 1.33. The number of hydrogen-bond donors (Lipinski definition) is 1. The molecule has 2 N–H and O–H groups in total. The minimum Gasteiger partial charge on any atom is -0.496 e. The number of anilines is 1. The van der Waals surface area contributed by atoms with Gasteiger partial charge in [0.05, 0.1) is 25.3 Å². The van der Waals surface area contributed by atoms with Crippen molar-refractivity contribution in [3.63, 3.8) is 0 Å². The number of hydrogen-bond acceptors (Lipinski definition) is 8. The molecule has 0 radical (unpaired) electrons. The van der Waals surface area contributed by atoms with E-state index in [1.54, 1.807) is 49.4 Å². The minimum atomic E-state index is -1.33. The standard InChI is InChI=1S/C27H24N2O7/c1-3-35-27(33)17-9-11-18(12-10-17)29-23(20-14-13-19(36-28)15-21(20)34-2)22(25(31)26(29)32)24(30)16-7-5-4-6-8-16/h4-15,22-23H,3,28H2,1-2H3. The van der Waals surface area contributed by atoms with Crippen molar-refractivity contribution < 1.29 is 33.5 Å². The van der Waals surface area contributed by atoms with Crippen LogP contribution in [0.4, 0.5) is 5.69 Å². The van der Waals surface area contributed by atoms with Gasteiger partial charge in [0.2, 0.25) is 5.78 Å². The summed E-state index contributed by atoms with van der Waals surface area (Å²) in [6, 6.07) is 18.0. The Labute approximate surface area is 207 Å². The third-order valence-corrected chi connectivity index (χ3v) is 5.96. The molecule has 1 fully saturated rings. The van der Waals surface area contributed by atoms with Crippen LogP contribution in [0.15, 0.2) is 72.8 Å². The third kappa shape index (κ3) is 4.44. The van der Waals surface area contributed by atoms with Crippen LogP contribution in [0.5, 0.6) is 11.5 Å². The molecular formula is C27H24N2O7. The van der Waals surface area contributed by atoms with Crippen molar-refractivity contribution in [2.45, 2.75) is 13.0 Å². The molecule has 3 aromatic rings. The van der Waals surface area contributed by atoms with Gasteiger partial charge in [-0.1, -0.05) is 30.3 Å². The van der Waals surface area contributed by atoms with E-state index < -0.39 is 35.4 Å². The molecule has 184 valence electrons. The lowest BCUT2D eigenvalue weighted by molar-refractivity contribution is -0.135. The number of ketones is 2. The van der Waals surface area contributed by atoms with E-state index >= 15 is 0 Å². The molecule has 9 heteroatoms. The lowest BCUT2D eigenvalue weighted by Crippen LogP contribution is -2.31. The Morgan fingerprint density at radius 3 is 2.25 bits per heavy atom. The SMILES string of the molecule is CCOC(=O)c1ccc(N2C(=O)C(=O)C(C(=O)c3ccccc3)C2c2ccc(ON)cc2OC)cc1. The Hall–Kier alpha value is -4.50. The molecule has 1 saturated heterocycles. The molecular weight excluding hydrogens is 464 g/mol. The Morgan fingerprint density at radius 2 is 1.64 bits per heavy atom. The van der Waals surface area contributed by atoms with Gasteiger partial charge in [0, 0.05) is 22.9 Å². The predicted molar refractivity (Wildman–Crippen MR) is 130 cm³/mol. The first-order valence-electron chi connectivity index (χ1n) is 11.2. The molecule has 1 aliphatic rings. The molecule has 0 saturated carbocycles. The van der Waals surface area contributed by atoms with Crippen LogP contribution in [-0.2, 0) is 14.3 Å². The van der Waals surface area contributed by atoms with Gasteiger partial charge in [-0.2, -0.15) is 5.90 Å². The monoisotopic (exact) mass is 488 g/mol. The van der Waals surface area contributed by atoms with Gasteiger partial charge in [-0.05, 0) is 43.3 Å². The predicted octanol–water partition coefficient (Wildman–Crippen LogP) is 3.28. The second-order valence-electron chi connectivity index (χ2n) is 7.98. The summed E-state index contributed by atoms with van der Waals surface area (Å²) in [6.07, 6.45) is 0. The molecule has 0 aliphatic carbocycles. The molecule has 1 heterocycles. The van der Waals surface area contributed by atoms with Crippen molar-refractivity contribution >= 4 is 29.1 Å². The summed E-state index contributed by atoms with van der Waals surface area (Å²) < 4.78 is 10.5. The molecule has 0 aromatic heterocycles. The number of ether oxygens (including phenoxy) is 2. The average Bonchev–Trinajstić information content (AvgIpc) is 3.18. The summed E-state index contributed by atoms with van der Waals surface area (Å²) in [7, 11) is 1.42. The second kappa shape index (κ2) is 10.4. The van der Waals surface area contributed by atoms with E-state index in [2.05, 4.69) is 0 Å². The number of carbonyl (C=O) groups excluding carboxylic acids is 4. The number of benzene rings is 3. The fourth-order valence-electron chi connectivity index (χ4n) is 4.29. The Morgan fingerprint density at radius 1 is 0.944 bits per heavy atom. The van der Waals surface area contributed by atoms with Gasteiger partial charge in [0.15, 0.2) is 11.5 Å². The highest BCUT2D eigenvalue weighted by atomic mass is 16.6. The van der Waals surface area contributed by atoms with Gasteiger partial charge in [-0.15, -0.1) is 0 Å². The molecule has 2 atom stereocenters. The summed E-state index contributed by atoms with van der Waals surface area (Å²) in [6.45, 7) is 1.91. The van der Waals surface area contributed by atoms with E-state index in [9.17, 15) is 19.2 Å². The Bertz CT molecular complexity index is 1310. The van der Waals surface area contributed by atoms with E-state index in [0.29, 0.717) is 22.6 Å². The van der Waals surface area contributed by atoms with Gasteiger partial charge in [0.25, 0.3) is 5.91 Å². The average molecular weight is 488 g/mol. The second-order valence-corrected chi connectivity index (χ2v) is 7.98. The quantitative estimate of drug-likeness (QED) is 0.168. The molecule has 1 aliphatic heterocycles. The fourth-order valence-corrected chi connectivity index (χ4v) is 4.29. The number of nitrogens with two attached hydrogens (primary N) is 1. The number of nitrogens with zero attached hydrogens (tertiary/aromatic N) is 1. The maximum atomic E-state index is 13.6. The van der Waals surface area contributed by atoms with E-state index in [1.165, 1.54) is 42.3 Å². The zero-order valence-corrected chi connectivity index (χ0v) is 19.7. The van der Waals surface area contributed by atoms with Crippen LogP contribution in [0.3, 0.4) is 0 Å². The topological polar surface area (TPSA) is 125 Å². The third-order valence-electron chi connectivity index (χ3n) is 5.96. The first kappa shape index (κ1) is 24.6. The lowest BCUT2D eigenvalue weighted by atomic mass is 9.85. The smallest absolute Gasteiger partial charge is 0.338 e. The highest BCUT2D eigenvalue weighted by Gasteiger charge is 2.53. The van der Waals surface area contributed by atoms with Crippen LogP contribution in [0.2, 0.25) is 0 Å². The van der Waals surface area contributed by atoms with Crippen LogP contribution < -0.4 is 20.4 Å². The van der Waals surface area contributed by atoms with Gasteiger partial charge < -0.3 is 14.3 Å². The molecule has 9 nitrogen and oxygen atoms in total. The highest BCUT2D eigenvalue weighted by molar-refractivity contribution is 6.49. The van der Waals surface area contributed by atoms with Crippen molar-refractivity contribution in [3.05, 3.63) is 89.5 Å². The van der Waals surface area contributed by atoms with Crippen LogP contribution in [0, 0.1) is 5.92 Å². The van der Waals surface area contributed by atoms with Gasteiger partial charge >= 0.3 is 5.97 Å². The van der Waals surface area contributed by atoms with Gasteiger partial charge in [-0.25, -0.2) is 4.79 Å². The minimum absolute atomic E-state index is 0.216. The van der Waals surface area contributed by atoms with Crippen LogP contribution in [0.1, 0.15) is 39.2 Å². The van der Waals surface area contributed by atoms with Crippen molar-refractivity contribution in [2.24, 2.45) is 11.8 Å². The number of esters is 1. The van der Waals surface area contributed by atoms with Crippen molar-refractivity contribution in [1.82, 2.24) is 0 Å². The molecule has 2 unspecified atom stereocenters. The van der Waals surface area contributed by atoms with Crippen LogP contribution >= 0.6 is 0 Å². The van der Waals surface area contributed by atoms with Crippen molar-refractivity contribution in [3.8, 4) is 11.5 Å². The molecule has 3 aromatic carbocycles. The maximum Gasteiger partial charge on any atom is 0.338 e. The lowest BCUT2D eigenvalue weighted by Gasteiger charge is -2.28. The Balaban J connectivity index is 1.85. The number of rotatable bonds is 8. The first-order valence-corrected chi connectivity index (χ1v) is 11.2. The molecule has 4 rings (SSSR count). The van der Waals surface area contributed by atoms with E-state index in [4.69, 9.17) is 20.2 Å². The fraction of sp³-hybridized carbons (Fsp3) is 0.185. The number of methoxy groups -OCH3 is 1. The largest absolute Gasteiger partial charge is 0.496 e. The summed E-state index contributed by atoms with van der Waals surface area (Å²) >= 11 is 0. The Kier molecular flexibility index (Phi) is 7.12. The van der Waals surface area contributed by atoms with Gasteiger partial charge in [-0.3, -0.25) is 19.3 Å². The normalized spacial score (nSPS) is 17.1. The summed E-state index contributed by atoms with van der Waals surface area (Å²) in [5.74, 6) is 1.83. The van der Waals surface area contributed by atoms with Gasteiger partial charge in [0.1, 0.15) is 11.7 Å². The number of Topliss-reactive ketones (excluding diaryl/α,β-unsaturated/α-hetero) is 2. The van der Waals surface area contributed by atoms with E-state index in [1.807, 2.05) is 0 Å². The zero-order valence-electron chi connectivity index (χ0n) is 19.7. The molecule has 36 heavy (non-hydrogen) atoms. The molecule has 1 amide bonds. The van der Waals surface area contributed by atoms with Crippen LogP contribution in [0.25, 0.3) is 0 Å². The zero-order chi connectivity index (χ0) is 25.8. The summed E-state index contributed by atoms with van der Waals surface area (Å²) in [5, 5.41) is 0. The van der Waals surface area contributed by atoms with E-state index in [-0.39, 0.29) is 17.9 Å². The molecule has 0 bridgehead atoms. The molecule has 0 spiro atoms. The van der Waals surface area contributed by atoms with E-state index in [0.717, 1.165) is 0 Å². The number of carbonyl (C=O) groups is 4.